The molecule has 0 saturated carbocycles. The molecule has 1 saturated heterocycles. The van der Waals surface area contributed by atoms with Crippen LogP contribution in [0.2, 0.25) is 0 Å². The number of carbonyl (C=O) groups excluding carboxylic acids is 2. The van der Waals surface area contributed by atoms with Crippen molar-refractivity contribution in [1.82, 2.24) is 4.90 Å². The maximum Gasteiger partial charge on any atom is 0.262 e. The zero-order valence-electron chi connectivity index (χ0n) is 18.8. The van der Waals surface area contributed by atoms with Crippen molar-refractivity contribution in [2.45, 2.75) is 11.8 Å². The second-order valence-electron chi connectivity index (χ2n) is 8.42. The van der Waals surface area contributed by atoms with E-state index in [9.17, 15) is 14.0 Å². The van der Waals surface area contributed by atoms with Gasteiger partial charge in [-0.15, -0.1) is 0 Å². The third-order valence-corrected chi connectivity index (χ3v) is 7.15. The van der Waals surface area contributed by atoms with E-state index in [0.29, 0.717) is 48.0 Å². The molecule has 7 heteroatoms. The Morgan fingerprint density at radius 3 is 2.47 bits per heavy atom. The molecule has 2 aliphatic rings. The van der Waals surface area contributed by atoms with E-state index in [0.717, 1.165) is 10.5 Å². The molecule has 1 N–H and O–H groups in total. The van der Waals surface area contributed by atoms with Crippen molar-refractivity contribution in [1.29, 1.82) is 0 Å². The van der Waals surface area contributed by atoms with Gasteiger partial charge in [0, 0.05) is 36.6 Å². The van der Waals surface area contributed by atoms with Gasteiger partial charge in [0.05, 0.1) is 16.3 Å². The van der Waals surface area contributed by atoms with Crippen molar-refractivity contribution < 1.29 is 14.0 Å². The minimum atomic E-state index is -0.249. The van der Waals surface area contributed by atoms with Crippen LogP contribution >= 0.6 is 11.8 Å². The number of hydrogen-bond acceptors (Lipinski definition) is 4. The number of nitrogens with one attached hydrogen (secondary N) is 1. The molecule has 1 fully saturated rings. The number of carbonyl (C=O) groups is 2. The van der Waals surface area contributed by atoms with Gasteiger partial charge >= 0.3 is 0 Å². The Hall–Kier alpha value is -3.58. The average Bonchev–Trinajstić information content (AvgIpc) is 2.85. The summed E-state index contributed by atoms with van der Waals surface area (Å²) < 4.78 is 14.1. The predicted octanol–water partition coefficient (Wildman–Crippen LogP) is 5.18. The standard InChI is InChI=1S/C27H24FN3O2S/c1-18-6-8-19(9-7-18)16-25-26(32)29-22-17-20(10-11-24(22)34-25)27(33)31-14-12-30(13-15-31)23-5-3-2-4-21(23)28/h2-11,16-17H,12-15H2,1H3,(H,29,32)/b25-16+. The number of halogens is 1. The first-order valence-electron chi connectivity index (χ1n) is 11.2. The molecule has 2 aliphatic heterocycles. The predicted molar refractivity (Wildman–Crippen MR) is 135 cm³/mol. The molecular formula is C27H24FN3O2S. The van der Waals surface area contributed by atoms with Crippen molar-refractivity contribution in [2.24, 2.45) is 0 Å². The van der Waals surface area contributed by atoms with Crippen LogP contribution in [0.5, 0.6) is 0 Å². The van der Waals surface area contributed by atoms with Gasteiger partial charge in [0.1, 0.15) is 5.82 Å². The highest BCUT2D eigenvalue weighted by atomic mass is 32.2. The zero-order chi connectivity index (χ0) is 23.7. The van der Waals surface area contributed by atoms with Crippen LogP contribution < -0.4 is 10.2 Å². The number of anilines is 2. The minimum absolute atomic E-state index is 0.0868. The van der Waals surface area contributed by atoms with E-state index in [1.807, 2.05) is 54.3 Å². The van der Waals surface area contributed by atoms with Crippen LogP contribution in [0.15, 0.2) is 76.5 Å². The van der Waals surface area contributed by atoms with E-state index in [-0.39, 0.29) is 17.6 Å². The summed E-state index contributed by atoms with van der Waals surface area (Å²) in [6.07, 6.45) is 1.87. The number of benzene rings is 3. The van der Waals surface area contributed by atoms with Gasteiger partial charge in [0.25, 0.3) is 11.8 Å². The third kappa shape index (κ3) is 4.56. The van der Waals surface area contributed by atoms with Crippen LogP contribution in [0, 0.1) is 12.7 Å². The Morgan fingerprint density at radius 1 is 1.00 bits per heavy atom. The third-order valence-electron chi connectivity index (χ3n) is 6.05. The van der Waals surface area contributed by atoms with Crippen LogP contribution in [-0.2, 0) is 4.79 Å². The molecular weight excluding hydrogens is 449 g/mol. The highest BCUT2D eigenvalue weighted by molar-refractivity contribution is 8.04. The first kappa shape index (κ1) is 22.2. The van der Waals surface area contributed by atoms with E-state index in [4.69, 9.17) is 0 Å². The van der Waals surface area contributed by atoms with Gasteiger partial charge < -0.3 is 15.1 Å². The number of rotatable bonds is 3. The van der Waals surface area contributed by atoms with Crippen molar-refractivity contribution in [2.75, 3.05) is 36.4 Å². The van der Waals surface area contributed by atoms with E-state index in [1.54, 1.807) is 29.2 Å². The Kier molecular flexibility index (Phi) is 6.11. The maximum absolute atomic E-state index is 14.1. The monoisotopic (exact) mass is 473 g/mol. The zero-order valence-corrected chi connectivity index (χ0v) is 19.6. The molecule has 0 bridgehead atoms. The molecule has 3 aromatic carbocycles. The van der Waals surface area contributed by atoms with E-state index >= 15 is 0 Å². The summed E-state index contributed by atoms with van der Waals surface area (Å²) in [5.74, 6) is -0.515. The van der Waals surface area contributed by atoms with Crippen LogP contribution in [0.25, 0.3) is 6.08 Å². The van der Waals surface area contributed by atoms with Crippen LogP contribution in [0.4, 0.5) is 15.8 Å². The Bertz CT molecular complexity index is 1280. The summed E-state index contributed by atoms with van der Waals surface area (Å²) in [6, 6.07) is 20.1. The molecule has 0 aliphatic carbocycles. The molecule has 5 rings (SSSR count). The number of nitrogens with zero attached hydrogens (tertiary/aromatic N) is 2. The summed E-state index contributed by atoms with van der Waals surface area (Å²) in [5.41, 5.74) is 3.88. The van der Waals surface area contributed by atoms with Crippen molar-refractivity contribution in [3.05, 3.63) is 94.1 Å². The van der Waals surface area contributed by atoms with Gasteiger partial charge in [-0.2, -0.15) is 0 Å². The molecule has 0 aromatic heterocycles. The van der Waals surface area contributed by atoms with Crippen molar-refractivity contribution in [3.63, 3.8) is 0 Å². The molecule has 5 nitrogen and oxygen atoms in total. The van der Waals surface area contributed by atoms with Crippen LogP contribution in [0.1, 0.15) is 21.5 Å². The first-order chi connectivity index (χ1) is 16.5. The summed E-state index contributed by atoms with van der Waals surface area (Å²) in [7, 11) is 0. The van der Waals surface area contributed by atoms with E-state index in [1.165, 1.54) is 23.4 Å². The second kappa shape index (κ2) is 9.35. The van der Waals surface area contributed by atoms with Crippen molar-refractivity contribution in [3.8, 4) is 0 Å². The number of aryl methyl sites for hydroxylation is 1. The lowest BCUT2D eigenvalue weighted by Crippen LogP contribution is -2.49. The molecule has 2 amide bonds. The van der Waals surface area contributed by atoms with E-state index < -0.39 is 0 Å². The van der Waals surface area contributed by atoms with Gasteiger partial charge in [-0.3, -0.25) is 9.59 Å². The van der Waals surface area contributed by atoms with Gasteiger partial charge in [-0.25, -0.2) is 4.39 Å². The molecule has 0 radical (unpaired) electrons. The number of piperazine rings is 1. The fraction of sp³-hybridized carbons (Fsp3) is 0.185. The second-order valence-corrected chi connectivity index (χ2v) is 9.50. The highest BCUT2D eigenvalue weighted by Gasteiger charge is 2.26. The van der Waals surface area contributed by atoms with Gasteiger partial charge in [0.2, 0.25) is 0 Å². The molecule has 0 atom stereocenters. The van der Waals surface area contributed by atoms with Crippen molar-refractivity contribution >= 4 is 41.0 Å². The smallest absolute Gasteiger partial charge is 0.262 e. The fourth-order valence-corrected chi connectivity index (χ4v) is 5.08. The van der Waals surface area contributed by atoms with Gasteiger partial charge in [-0.1, -0.05) is 53.7 Å². The normalized spacial score (nSPS) is 16.9. The van der Waals surface area contributed by atoms with Crippen LogP contribution in [-0.4, -0.2) is 42.9 Å². The number of para-hydroxylation sites is 1. The molecule has 3 aromatic rings. The SMILES string of the molecule is Cc1ccc(/C=C2/Sc3ccc(C(=O)N4CCN(c5ccccc5F)CC4)cc3NC2=O)cc1. The fourth-order valence-electron chi connectivity index (χ4n) is 4.15. The number of amides is 2. The average molecular weight is 474 g/mol. The summed E-state index contributed by atoms with van der Waals surface area (Å²) in [4.78, 5) is 31.0. The lowest BCUT2D eigenvalue weighted by Gasteiger charge is -2.36. The molecule has 172 valence electrons. The number of hydrogen-bond donors (Lipinski definition) is 1. The minimum Gasteiger partial charge on any atom is -0.366 e. The highest BCUT2D eigenvalue weighted by Crippen LogP contribution is 2.39. The lowest BCUT2D eigenvalue weighted by molar-refractivity contribution is -0.112. The topological polar surface area (TPSA) is 52.7 Å². The Balaban J connectivity index is 1.27. The summed E-state index contributed by atoms with van der Waals surface area (Å²) >= 11 is 1.40. The number of thioether (sulfide) groups is 1. The summed E-state index contributed by atoms with van der Waals surface area (Å²) in [5, 5.41) is 2.93. The van der Waals surface area contributed by atoms with Gasteiger partial charge in [0.15, 0.2) is 0 Å². The maximum atomic E-state index is 14.1. The molecule has 0 unspecified atom stereocenters. The van der Waals surface area contributed by atoms with Gasteiger partial charge in [-0.05, 0) is 48.9 Å². The molecule has 34 heavy (non-hydrogen) atoms. The lowest BCUT2D eigenvalue weighted by atomic mass is 10.1. The quantitative estimate of drug-likeness (QED) is 0.533. The first-order valence-corrected chi connectivity index (χ1v) is 12.0. The largest absolute Gasteiger partial charge is 0.366 e. The van der Waals surface area contributed by atoms with Crippen LogP contribution in [0.3, 0.4) is 0 Å². The molecule has 2 heterocycles. The number of fused-ring (bicyclic) bond motifs is 1. The Morgan fingerprint density at radius 2 is 1.74 bits per heavy atom. The van der Waals surface area contributed by atoms with E-state index in [2.05, 4.69) is 5.32 Å². The molecule has 0 spiro atoms. The Labute approximate surface area is 202 Å². The summed E-state index contributed by atoms with van der Waals surface area (Å²) in [6.45, 7) is 4.18.